The number of sulfonamides is 1. The highest BCUT2D eigenvalue weighted by molar-refractivity contribution is 7.89. The summed E-state index contributed by atoms with van der Waals surface area (Å²) in [6.07, 6.45) is 0.431. The zero-order valence-electron chi connectivity index (χ0n) is 11.0. The molecule has 0 aromatic heterocycles. The maximum Gasteiger partial charge on any atom is 0.418 e. The molecule has 2 rings (SSSR count). The second-order valence-electron chi connectivity index (χ2n) is 4.77. The van der Waals surface area contributed by atoms with Crippen LogP contribution in [0.3, 0.4) is 0 Å². The molecule has 0 unspecified atom stereocenters. The summed E-state index contributed by atoms with van der Waals surface area (Å²) in [5, 5.41) is 16.8. The third-order valence-corrected chi connectivity index (χ3v) is 4.49. The van der Waals surface area contributed by atoms with Gasteiger partial charge in [-0.3, -0.25) is 14.7 Å². The van der Waals surface area contributed by atoms with E-state index in [0.717, 1.165) is 4.90 Å². The van der Waals surface area contributed by atoms with Crippen molar-refractivity contribution in [1.29, 1.82) is 5.41 Å². The Morgan fingerprint density at radius 1 is 1.36 bits per heavy atom. The van der Waals surface area contributed by atoms with Crippen LogP contribution in [0.15, 0.2) is 0 Å². The fourth-order valence-electron chi connectivity index (χ4n) is 2.40. The number of hydrogen-bond acceptors (Lipinski definition) is 8. The molecule has 22 heavy (non-hydrogen) atoms. The first-order valence-electron chi connectivity index (χ1n) is 6.00. The lowest BCUT2D eigenvalue weighted by Crippen LogP contribution is -2.51. The molecule has 0 aromatic rings. The van der Waals surface area contributed by atoms with E-state index in [1.54, 1.807) is 0 Å². The third kappa shape index (κ3) is 3.46. The van der Waals surface area contributed by atoms with Gasteiger partial charge in [0.25, 0.3) is 10.0 Å². The van der Waals surface area contributed by atoms with E-state index < -0.39 is 50.3 Å². The molecule has 2 fully saturated rings. The Bertz CT molecular complexity index is 689. The summed E-state index contributed by atoms with van der Waals surface area (Å²) in [6, 6.07) is -2.47. The van der Waals surface area contributed by atoms with Crippen molar-refractivity contribution in [2.45, 2.75) is 24.9 Å². The molecular weight excluding hydrogens is 344 g/mol. The van der Waals surface area contributed by atoms with Gasteiger partial charge in [0, 0.05) is 6.54 Å². The molecule has 14 heteroatoms. The zero-order valence-corrected chi connectivity index (χ0v) is 12.7. The molecule has 2 aliphatic rings. The molecule has 0 radical (unpaired) electrons. The molecule has 2 saturated heterocycles. The van der Waals surface area contributed by atoms with E-state index in [9.17, 15) is 21.6 Å². The predicted octanol–water partition coefficient (Wildman–Crippen LogP) is -2.16. The minimum Gasteiger partial charge on any atom is -0.378 e. The van der Waals surface area contributed by atoms with Crippen LogP contribution in [0, 0.1) is 5.41 Å². The topological polar surface area (TPSA) is 177 Å². The Kier molecular flexibility index (Phi) is 4.31. The number of carbonyl (C=O) groups excluding carboxylic acids is 1. The number of amides is 2. The van der Waals surface area contributed by atoms with Crippen molar-refractivity contribution < 1.29 is 35.6 Å². The van der Waals surface area contributed by atoms with Crippen LogP contribution in [-0.2, 0) is 24.7 Å². The first kappa shape index (κ1) is 16.9. The number of piperidine rings is 1. The lowest BCUT2D eigenvalue weighted by molar-refractivity contribution is -0.0316. The van der Waals surface area contributed by atoms with Gasteiger partial charge in [-0.1, -0.05) is 0 Å². The van der Waals surface area contributed by atoms with Gasteiger partial charge in [0.2, 0.25) is 0 Å². The third-order valence-electron chi connectivity index (χ3n) is 3.27. The lowest BCUT2D eigenvalue weighted by atomic mass is 10.0. The number of nitrogens with zero attached hydrogens (tertiary/aromatic N) is 2. The Hall–Kier alpha value is -1.48. The van der Waals surface area contributed by atoms with E-state index in [-0.39, 0.29) is 19.4 Å². The number of carbonyl (C=O) groups is 1. The van der Waals surface area contributed by atoms with Gasteiger partial charge in [-0.2, -0.15) is 13.5 Å². The standard InChI is InChI=1S/C8H14N4O8S2/c9-7(10-21(15,16)4-13)6-2-1-5-3-11(6)8(14)12(5)20-22(17,18)19/h5-6,13H,1-4H2,(H2,9,10)(H,17,18,19)/t5-,6+/m1/s1. The van der Waals surface area contributed by atoms with Crippen LogP contribution >= 0.6 is 0 Å². The van der Waals surface area contributed by atoms with Crippen LogP contribution in [0.1, 0.15) is 12.8 Å². The van der Waals surface area contributed by atoms with E-state index in [1.165, 1.54) is 0 Å². The Labute approximate surface area is 126 Å². The second-order valence-corrected chi connectivity index (χ2v) is 7.47. The zero-order chi connectivity index (χ0) is 16.7. The van der Waals surface area contributed by atoms with Crippen LogP contribution in [-0.4, -0.2) is 72.9 Å². The lowest BCUT2D eigenvalue weighted by Gasteiger charge is -2.30. The number of nitrogens with one attached hydrogen (secondary N) is 2. The molecule has 12 nitrogen and oxygen atoms in total. The van der Waals surface area contributed by atoms with Gasteiger partial charge < -0.3 is 10.0 Å². The Balaban J connectivity index is 2.14. The van der Waals surface area contributed by atoms with Gasteiger partial charge in [-0.25, -0.2) is 13.2 Å². The summed E-state index contributed by atoms with van der Waals surface area (Å²) in [6.45, 7) is 0.0161. The highest BCUT2D eigenvalue weighted by Crippen LogP contribution is 2.30. The smallest absolute Gasteiger partial charge is 0.378 e. The molecule has 0 saturated carbocycles. The van der Waals surface area contributed by atoms with Gasteiger partial charge in [0.15, 0.2) is 5.94 Å². The van der Waals surface area contributed by atoms with Crippen molar-refractivity contribution >= 4 is 32.3 Å². The van der Waals surface area contributed by atoms with Crippen LogP contribution in [0.5, 0.6) is 0 Å². The fourth-order valence-corrected chi connectivity index (χ4v) is 3.32. The van der Waals surface area contributed by atoms with Crippen LogP contribution in [0.25, 0.3) is 0 Å². The Morgan fingerprint density at radius 2 is 2.00 bits per heavy atom. The largest absolute Gasteiger partial charge is 0.418 e. The normalized spacial score (nSPS) is 25.5. The van der Waals surface area contributed by atoms with Gasteiger partial charge in [-0.15, -0.1) is 4.28 Å². The summed E-state index contributed by atoms with van der Waals surface area (Å²) in [7, 11) is -8.95. The van der Waals surface area contributed by atoms with Crippen molar-refractivity contribution in [1.82, 2.24) is 14.7 Å². The number of rotatable bonds is 5. The molecule has 2 aliphatic heterocycles. The van der Waals surface area contributed by atoms with Crippen LogP contribution < -0.4 is 4.72 Å². The number of urea groups is 1. The van der Waals surface area contributed by atoms with Crippen LogP contribution in [0.2, 0.25) is 0 Å². The van der Waals surface area contributed by atoms with E-state index in [0.29, 0.717) is 5.06 Å². The van der Waals surface area contributed by atoms with E-state index in [1.807, 2.05) is 4.72 Å². The second kappa shape index (κ2) is 5.62. The minimum absolute atomic E-state index is 0.0161. The highest BCUT2D eigenvalue weighted by Gasteiger charge is 2.48. The van der Waals surface area contributed by atoms with Crippen LogP contribution in [0.4, 0.5) is 4.79 Å². The van der Waals surface area contributed by atoms with E-state index in [4.69, 9.17) is 15.1 Å². The predicted molar refractivity (Wildman–Crippen MR) is 70.3 cm³/mol. The van der Waals surface area contributed by atoms with Crippen molar-refractivity contribution in [2.24, 2.45) is 0 Å². The molecular formula is C8H14N4O8S2. The summed E-state index contributed by atoms with van der Waals surface area (Å²) in [5.41, 5.74) is 0. The van der Waals surface area contributed by atoms with Gasteiger partial charge in [0.05, 0.1) is 12.1 Å². The van der Waals surface area contributed by atoms with Gasteiger partial charge in [0.1, 0.15) is 5.84 Å². The molecule has 4 N–H and O–H groups in total. The summed E-state index contributed by atoms with van der Waals surface area (Å²) < 4.78 is 58.6. The maximum absolute atomic E-state index is 12.0. The first-order valence-corrected chi connectivity index (χ1v) is 9.02. The molecule has 2 amide bonds. The first-order chi connectivity index (χ1) is 10.0. The summed E-state index contributed by atoms with van der Waals surface area (Å²) >= 11 is 0. The fraction of sp³-hybridized carbons (Fsp3) is 0.750. The van der Waals surface area contributed by atoms with E-state index >= 15 is 0 Å². The average Bonchev–Trinajstić information content (AvgIpc) is 2.62. The molecule has 0 aliphatic carbocycles. The minimum atomic E-state index is -4.87. The number of fused-ring (bicyclic) bond motifs is 2. The van der Waals surface area contributed by atoms with Crippen molar-refractivity contribution in [3.63, 3.8) is 0 Å². The molecule has 126 valence electrons. The molecule has 2 atom stereocenters. The molecule has 2 bridgehead atoms. The molecule has 0 aromatic carbocycles. The summed E-state index contributed by atoms with van der Waals surface area (Å²) in [4.78, 5) is 13.1. The number of hydrogen-bond donors (Lipinski definition) is 4. The Morgan fingerprint density at radius 3 is 2.55 bits per heavy atom. The number of amidine groups is 1. The highest BCUT2D eigenvalue weighted by atomic mass is 32.3. The molecule has 2 heterocycles. The van der Waals surface area contributed by atoms with Gasteiger partial charge in [-0.05, 0) is 12.8 Å². The number of aliphatic hydroxyl groups excluding tert-OH is 1. The maximum atomic E-state index is 12.0. The van der Waals surface area contributed by atoms with Crippen molar-refractivity contribution in [3.05, 3.63) is 0 Å². The van der Waals surface area contributed by atoms with Crippen molar-refractivity contribution in [2.75, 3.05) is 12.5 Å². The quantitative estimate of drug-likeness (QED) is 0.244. The number of aliphatic hydroxyl groups is 1. The SMILES string of the molecule is N=C(NS(=O)(=O)CO)[C@@H]1CC[C@@H]2CN1C(=O)N2OS(=O)(=O)O. The van der Waals surface area contributed by atoms with Crippen molar-refractivity contribution in [3.8, 4) is 0 Å². The average molecular weight is 358 g/mol. The summed E-state index contributed by atoms with van der Waals surface area (Å²) in [5.74, 6) is -1.73. The number of hydroxylamine groups is 2. The van der Waals surface area contributed by atoms with E-state index in [2.05, 4.69) is 4.28 Å². The van der Waals surface area contributed by atoms with Gasteiger partial charge >= 0.3 is 16.4 Å². The monoisotopic (exact) mass is 358 g/mol. The molecule has 0 spiro atoms.